The van der Waals surface area contributed by atoms with Gasteiger partial charge in [0.15, 0.2) is 0 Å². The van der Waals surface area contributed by atoms with Gasteiger partial charge in [-0.2, -0.15) is 0 Å². The maximum Gasteiger partial charge on any atom is 0.230 e. The van der Waals surface area contributed by atoms with E-state index in [1.165, 1.54) is 5.56 Å². The molecule has 0 saturated carbocycles. The van der Waals surface area contributed by atoms with Crippen molar-refractivity contribution in [1.82, 2.24) is 19.8 Å². The van der Waals surface area contributed by atoms with Crippen LogP contribution in [0.4, 0.5) is 0 Å². The molecule has 2 aliphatic heterocycles. The molecule has 0 radical (unpaired) electrons. The predicted molar refractivity (Wildman–Crippen MR) is 95.5 cm³/mol. The number of hydrogen-bond acceptors (Lipinski definition) is 4. The molecule has 1 atom stereocenters. The summed E-state index contributed by atoms with van der Waals surface area (Å²) in [7, 11) is 0. The second-order valence-corrected chi connectivity index (χ2v) is 7.29. The molecule has 2 aromatic rings. The molecule has 4 heterocycles. The lowest BCUT2D eigenvalue weighted by Gasteiger charge is -2.39. The molecule has 1 spiro atoms. The fourth-order valence-corrected chi connectivity index (χ4v) is 4.24. The summed E-state index contributed by atoms with van der Waals surface area (Å²) in [6.45, 7) is 4.38. The molecule has 2 aliphatic rings. The molecule has 0 aromatic carbocycles. The van der Waals surface area contributed by atoms with Gasteiger partial charge in [0.2, 0.25) is 5.91 Å². The Labute approximate surface area is 148 Å². The summed E-state index contributed by atoms with van der Waals surface area (Å²) in [6.07, 6.45) is 10.4. The van der Waals surface area contributed by atoms with Crippen LogP contribution >= 0.6 is 0 Å². The highest BCUT2D eigenvalue weighted by Gasteiger charge is 2.48. The summed E-state index contributed by atoms with van der Waals surface area (Å²) < 4.78 is 0. The van der Waals surface area contributed by atoms with E-state index in [0.29, 0.717) is 12.5 Å². The number of likely N-dealkylation sites (tertiary alicyclic amines) is 2. The number of carbonyl (C=O) groups excluding carboxylic acids is 1. The smallest absolute Gasteiger partial charge is 0.230 e. The van der Waals surface area contributed by atoms with Crippen LogP contribution in [0.2, 0.25) is 0 Å². The van der Waals surface area contributed by atoms with Crippen LogP contribution in [-0.4, -0.2) is 45.3 Å². The number of rotatable bonds is 4. The fourth-order valence-electron chi connectivity index (χ4n) is 4.24. The van der Waals surface area contributed by atoms with E-state index in [1.807, 2.05) is 35.6 Å². The Morgan fingerprint density at radius 3 is 2.64 bits per heavy atom. The zero-order valence-corrected chi connectivity index (χ0v) is 14.5. The molecule has 25 heavy (non-hydrogen) atoms. The first-order chi connectivity index (χ1) is 12.3. The third kappa shape index (κ3) is 3.42. The van der Waals surface area contributed by atoms with E-state index in [0.717, 1.165) is 51.0 Å². The minimum atomic E-state index is -0.187. The van der Waals surface area contributed by atoms with Crippen molar-refractivity contribution in [2.75, 3.05) is 19.6 Å². The van der Waals surface area contributed by atoms with E-state index in [2.05, 4.69) is 27.0 Å². The minimum Gasteiger partial charge on any atom is -0.338 e. The van der Waals surface area contributed by atoms with Gasteiger partial charge in [0.1, 0.15) is 0 Å². The average Bonchev–Trinajstić information content (AvgIpc) is 2.93. The van der Waals surface area contributed by atoms with Crippen molar-refractivity contribution in [2.45, 2.75) is 32.4 Å². The highest BCUT2D eigenvalue weighted by Crippen LogP contribution is 2.40. The molecule has 1 amide bonds. The topological polar surface area (TPSA) is 49.3 Å². The SMILES string of the molecule is O=C1N(Cc2cccnc2)CC[C@@]12CCCN(Cc1ccncc1)C2. The number of amides is 1. The average molecular weight is 336 g/mol. The van der Waals surface area contributed by atoms with E-state index >= 15 is 0 Å². The Kier molecular flexibility index (Phi) is 4.49. The van der Waals surface area contributed by atoms with Crippen molar-refractivity contribution in [2.24, 2.45) is 5.41 Å². The first-order valence-corrected chi connectivity index (χ1v) is 9.05. The number of piperidine rings is 1. The normalized spacial score (nSPS) is 24.2. The summed E-state index contributed by atoms with van der Waals surface area (Å²) in [5.41, 5.74) is 2.19. The Morgan fingerprint density at radius 1 is 0.960 bits per heavy atom. The summed E-state index contributed by atoms with van der Waals surface area (Å²) in [6, 6.07) is 8.10. The molecule has 0 unspecified atom stereocenters. The Hall–Kier alpha value is -2.27. The standard InChI is InChI=1S/C20H24N4O/c25-19-20(7-12-24(19)15-18-3-1-8-22-13-18)6-2-11-23(16-20)14-17-4-9-21-10-5-17/h1,3-5,8-10,13H,2,6-7,11-12,14-16H2/t20-/m1/s1. The highest BCUT2D eigenvalue weighted by molar-refractivity contribution is 5.85. The molecule has 2 aromatic heterocycles. The molecule has 2 saturated heterocycles. The van der Waals surface area contributed by atoms with E-state index in [4.69, 9.17) is 0 Å². The summed E-state index contributed by atoms with van der Waals surface area (Å²) in [5, 5.41) is 0. The van der Waals surface area contributed by atoms with Crippen molar-refractivity contribution < 1.29 is 4.79 Å². The molecule has 4 rings (SSSR count). The van der Waals surface area contributed by atoms with Crippen molar-refractivity contribution in [1.29, 1.82) is 0 Å². The van der Waals surface area contributed by atoms with Crippen molar-refractivity contribution in [3.8, 4) is 0 Å². The number of hydrogen-bond donors (Lipinski definition) is 0. The molecule has 0 aliphatic carbocycles. The second kappa shape index (κ2) is 6.92. The summed E-state index contributed by atoms with van der Waals surface area (Å²) >= 11 is 0. The van der Waals surface area contributed by atoms with Crippen LogP contribution in [0.5, 0.6) is 0 Å². The first-order valence-electron chi connectivity index (χ1n) is 9.05. The van der Waals surface area contributed by atoms with Crippen LogP contribution in [0.25, 0.3) is 0 Å². The second-order valence-electron chi connectivity index (χ2n) is 7.29. The number of pyridine rings is 2. The van der Waals surface area contributed by atoms with Crippen molar-refractivity contribution in [3.05, 3.63) is 60.2 Å². The van der Waals surface area contributed by atoms with Crippen LogP contribution in [0.3, 0.4) is 0 Å². The number of carbonyl (C=O) groups is 1. The van der Waals surface area contributed by atoms with E-state index in [1.54, 1.807) is 6.20 Å². The maximum absolute atomic E-state index is 13.2. The van der Waals surface area contributed by atoms with Gasteiger partial charge < -0.3 is 4.90 Å². The quantitative estimate of drug-likeness (QED) is 0.861. The Bertz CT molecular complexity index is 721. The monoisotopic (exact) mass is 336 g/mol. The maximum atomic E-state index is 13.2. The summed E-state index contributed by atoms with van der Waals surface area (Å²) in [4.78, 5) is 25.9. The van der Waals surface area contributed by atoms with Crippen LogP contribution in [-0.2, 0) is 17.9 Å². The lowest BCUT2D eigenvalue weighted by atomic mass is 9.78. The third-order valence-corrected chi connectivity index (χ3v) is 5.51. The van der Waals surface area contributed by atoms with Gasteiger partial charge in [-0.15, -0.1) is 0 Å². The van der Waals surface area contributed by atoms with Gasteiger partial charge in [0.05, 0.1) is 5.41 Å². The van der Waals surface area contributed by atoms with Crippen LogP contribution < -0.4 is 0 Å². The molecular formula is C20H24N4O. The van der Waals surface area contributed by atoms with Gasteiger partial charge in [-0.3, -0.25) is 19.7 Å². The molecular weight excluding hydrogens is 312 g/mol. The molecule has 5 heteroatoms. The number of aromatic nitrogens is 2. The summed E-state index contributed by atoms with van der Waals surface area (Å²) in [5.74, 6) is 0.329. The van der Waals surface area contributed by atoms with E-state index in [-0.39, 0.29) is 5.41 Å². The van der Waals surface area contributed by atoms with Crippen molar-refractivity contribution >= 4 is 5.91 Å². The predicted octanol–water partition coefficient (Wildman–Crippen LogP) is 2.49. The van der Waals surface area contributed by atoms with Gasteiger partial charge >= 0.3 is 0 Å². The van der Waals surface area contributed by atoms with Crippen molar-refractivity contribution in [3.63, 3.8) is 0 Å². The van der Waals surface area contributed by atoms with Crippen LogP contribution in [0.1, 0.15) is 30.4 Å². The first kappa shape index (κ1) is 16.2. The van der Waals surface area contributed by atoms with E-state index < -0.39 is 0 Å². The van der Waals surface area contributed by atoms with Gasteiger partial charge in [-0.1, -0.05) is 6.07 Å². The zero-order valence-electron chi connectivity index (χ0n) is 14.5. The minimum absolute atomic E-state index is 0.187. The largest absolute Gasteiger partial charge is 0.338 e. The Morgan fingerprint density at radius 2 is 1.84 bits per heavy atom. The molecule has 2 fully saturated rings. The lowest BCUT2D eigenvalue weighted by molar-refractivity contribution is -0.139. The molecule has 0 bridgehead atoms. The van der Waals surface area contributed by atoms with Gasteiger partial charge in [0, 0.05) is 51.0 Å². The molecule has 5 nitrogen and oxygen atoms in total. The molecule has 0 N–H and O–H groups in total. The lowest BCUT2D eigenvalue weighted by Crippen LogP contribution is -2.47. The van der Waals surface area contributed by atoms with Crippen LogP contribution in [0.15, 0.2) is 49.1 Å². The van der Waals surface area contributed by atoms with Gasteiger partial charge in [-0.05, 0) is 55.1 Å². The van der Waals surface area contributed by atoms with Gasteiger partial charge in [0.25, 0.3) is 0 Å². The highest BCUT2D eigenvalue weighted by atomic mass is 16.2. The Balaban J connectivity index is 1.43. The third-order valence-electron chi connectivity index (χ3n) is 5.51. The van der Waals surface area contributed by atoms with Crippen LogP contribution in [0, 0.1) is 5.41 Å². The zero-order chi connectivity index (χ0) is 17.1. The number of nitrogens with zero attached hydrogens (tertiary/aromatic N) is 4. The van der Waals surface area contributed by atoms with E-state index in [9.17, 15) is 4.79 Å². The fraction of sp³-hybridized carbons (Fsp3) is 0.450. The molecule has 130 valence electrons. The van der Waals surface area contributed by atoms with Gasteiger partial charge in [-0.25, -0.2) is 0 Å².